The van der Waals surface area contributed by atoms with E-state index in [1.165, 1.54) is 6.07 Å². The highest BCUT2D eigenvalue weighted by molar-refractivity contribution is 7.09. The number of urea groups is 1. The predicted molar refractivity (Wildman–Crippen MR) is 99.1 cm³/mol. The summed E-state index contributed by atoms with van der Waals surface area (Å²) in [5.41, 5.74) is -0.160. The number of carbonyl (C=O) groups excluding carboxylic acids is 2. The first kappa shape index (κ1) is 19.3. The van der Waals surface area contributed by atoms with Crippen LogP contribution in [0.25, 0.3) is 0 Å². The van der Waals surface area contributed by atoms with E-state index in [2.05, 4.69) is 10.6 Å². The monoisotopic (exact) mass is 393 g/mol. The molecule has 27 heavy (non-hydrogen) atoms. The van der Waals surface area contributed by atoms with E-state index in [9.17, 15) is 18.4 Å². The van der Waals surface area contributed by atoms with Crippen molar-refractivity contribution in [3.8, 4) is 0 Å². The molecule has 1 unspecified atom stereocenters. The van der Waals surface area contributed by atoms with Crippen LogP contribution in [0.3, 0.4) is 0 Å². The lowest BCUT2D eigenvalue weighted by atomic mass is 9.97. The van der Waals surface area contributed by atoms with Gasteiger partial charge in [-0.05, 0) is 36.4 Å². The molecule has 2 N–H and O–H groups in total. The van der Waals surface area contributed by atoms with Crippen molar-refractivity contribution in [1.29, 1.82) is 0 Å². The van der Waals surface area contributed by atoms with Gasteiger partial charge >= 0.3 is 6.03 Å². The zero-order chi connectivity index (χ0) is 19.2. The number of hydrogen-bond acceptors (Lipinski definition) is 3. The number of piperidine rings is 1. The number of halogens is 2. The summed E-state index contributed by atoms with van der Waals surface area (Å²) >= 11 is 1.57. The number of nitrogens with one attached hydrogen (secondary N) is 2. The van der Waals surface area contributed by atoms with Crippen LogP contribution in [0.5, 0.6) is 0 Å². The van der Waals surface area contributed by atoms with E-state index >= 15 is 0 Å². The first-order valence-electron chi connectivity index (χ1n) is 8.80. The number of carbonyl (C=O) groups is 2. The van der Waals surface area contributed by atoms with Crippen LogP contribution in [0.1, 0.15) is 23.3 Å². The van der Waals surface area contributed by atoms with E-state index in [0.29, 0.717) is 32.5 Å². The van der Waals surface area contributed by atoms with E-state index < -0.39 is 11.6 Å². The Morgan fingerprint density at radius 2 is 1.89 bits per heavy atom. The fourth-order valence-electron chi connectivity index (χ4n) is 3.08. The average Bonchev–Trinajstić information content (AvgIpc) is 3.19. The molecule has 2 heterocycles. The molecule has 3 amide bonds. The molecule has 1 saturated heterocycles. The highest BCUT2D eigenvalue weighted by atomic mass is 32.1. The van der Waals surface area contributed by atoms with Gasteiger partial charge in [-0.25, -0.2) is 13.6 Å². The van der Waals surface area contributed by atoms with Gasteiger partial charge in [0, 0.05) is 30.1 Å². The van der Waals surface area contributed by atoms with Crippen LogP contribution < -0.4 is 10.6 Å². The lowest BCUT2D eigenvalue weighted by Crippen LogP contribution is -2.48. The van der Waals surface area contributed by atoms with Crippen LogP contribution in [-0.4, -0.2) is 29.9 Å². The van der Waals surface area contributed by atoms with Gasteiger partial charge in [0.05, 0.1) is 12.5 Å². The molecule has 8 heteroatoms. The van der Waals surface area contributed by atoms with Crippen LogP contribution in [0.4, 0.5) is 13.6 Å². The number of hydrogen-bond donors (Lipinski definition) is 2. The normalized spacial score (nSPS) is 16.8. The second-order valence-corrected chi connectivity index (χ2v) is 7.47. The van der Waals surface area contributed by atoms with Crippen molar-refractivity contribution >= 4 is 23.3 Å². The Morgan fingerprint density at radius 1 is 1.11 bits per heavy atom. The molecule has 1 fully saturated rings. The molecule has 1 aromatic heterocycles. The van der Waals surface area contributed by atoms with Gasteiger partial charge in [-0.15, -0.1) is 11.3 Å². The Labute approximate surface area is 160 Å². The molecule has 1 atom stereocenters. The lowest BCUT2D eigenvalue weighted by Gasteiger charge is -2.32. The summed E-state index contributed by atoms with van der Waals surface area (Å²) in [6.45, 7) is 1.12. The van der Waals surface area contributed by atoms with Crippen molar-refractivity contribution < 1.29 is 18.4 Å². The van der Waals surface area contributed by atoms with Crippen molar-refractivity contribution in [2.75, 3.05) is 13.1 Å². The van der Waals surface area contributed by atoms with Gasteiger partial charge in [0.25, 0.3) is 0 Å². The second kappa shape index (κ2) is 8.94. The van der Waals surface area contributed by atoms with Gasteiger partial charge in [0.2, 0.25) is 5.91 Å². The first-order valence-corrected chi connectivity index (χ1v) is 9.68. The third-order valence-corrected chi connectivity index (χ3v) is 5.45. The van der Waals surface area contributed by atoms with Crippen molar-refractivity contribution in [1.82, 2.24) is 15.5 Å². The minimum absolute atomic E-state index is 0.160. The molecule has 144 valence electrons. The molecular formula is C19H21F2N3O2S. The van der Waals surface area contributed by atoms with Crippen LogP contribution in [0, 0.1) is 17.6 Å². The summed E-state index contributed by atoms with van der Waals surface area (Å²) in [6.07, 6.45) is 1.35. The second-order valence-electron chi connectivity index (χ2n) is 6.44. The molecule has 0 spiro atoms. The number of nitrogens with zero attached hydrogens (tertiary/aromatic N) is 1. The van der Waals surface area contributed by atoms with Crippen molar-refractivity contribution in [3.05, 3.63) is 57.8 Å². The van der Waals surface area contributed by atoms with Crippen molar-refractivity contribution in [3.63, 3.8) is 0 Å². The summed E-state index contributed by atoms with van der Waals surface area (Å²) in [7, 11) is 0. The molecule has 2 aromatic rings. The topological polar surface area (TPSA) is 61.4 Å². The van der Waals surface area contributed by atoms with E-state index in [-0.39, 0.29) is 30.0 Å². The molecule has 5 nitrogen and oxygen atoms in total. The van der Waals surface area contributed by atoms with E-state index in [1.807, 2.05) is 17.5 Å². The standard InChI is InChI=1S/C19H21F2N3O2S/c20-16-6-1-7-17(21)15(16)11-22-18(25)13-4-2-8-24(12-13)19(26)23-10-14-5-3-9-27-14/h1,3,5-7,9,13H,2,4,8,10-12H2,(H,22,25)(H,23,26). The molecule has 3 rings (SSSR count). The molecule has 0 bridgehead atoms. The number of amides is 3. The zero-order valence-corrected chi connectivity index (χ0v) is 15.5. The number of rotatable bonds is 5. The summed E-state index contributed by atoms with van der Waals surface area (Å²) in [4.78, 5) is 27.4. The van der Waals surface area contributed by atoms with Gasteiger partial charge in [-0.2, -0.15) is 0 Å². The fourth-order valence-corrected chi connectivity index (χ4v) is 3.73. The van der Waals surface area contributed by atoms with Crippen molar-refractivity contribution in [2.45, 2.75) is 25.9 Å². The Bertz CT molecular complexity index is 778. The molecule has 1 aromatic carbocycles. The minimum atomic E-state index is -0.687. The molecular weight excluding hydrogens is 372 g/mol. The third-order valence-electron chi connectivity index (χ3n) is 4.57. The first-order chi connectivity index (χ1) is 13.0. The van der Waals surface area contributed by atoms with Crippen LogP contribution in [0.2, 0.25) is 0 Å². The van der Waals surface area contributed by atoms with Crippen molar-refractivity contribution in [2.24, 2.45) is 5.92 Å². The lowest BCUT2D eigenvalue weighted by molar-refractivity contribution is -0.126. The maximum Gasteiger partial charge on any atom is 0.317 e. The SMILES string of the molecule is O=C(NCc1c(F)cccc1F)C1CCCN(C(=O)NCc2cccs2)C1. The Morgan fingerprint density at radius 3 is 2.59 bits per heavy atom. The number of benzene rings is 1. The maximum atomic E-state index is 13.7. The Balaban J connectivity index is 1.51. The fraction of sp³-hybridized carbons (Fsp3) is 0.368. The van der Waals surface area contributed by atoms with Crippen LogP contribution in [-0.2, 0) is 17.9 Å². The maximum absolute atomic E-state index is 13.7. The third kappa shape index (κ3) is 5.03. The molecule has 0 saturated carbocycles. The summed E-state index contributed by atoms with van der Waals surface area (Å²) in [6, 6.07) is 7.26. The largest absolute Gasteiger partial charge is 0.352 e. The molecule has 1 aliphatic rings. The van der Waals surface area contributed by atoms with Crippen LogP contribution in [0.15, 0.2) is 35.7 Å². The van der Waals surface area contributed by atoms with E-state index in [4.69, 9.17) is 0 Å². The summed E-state index contributed by atoms with van der Waals surface area (Å²) in [5.74, 6) is -2.06. The van der Waals surface area contributed by atoms with Gasteiger partial charge in [-0.3, -0.25) is 4.79 Å². The smallest absolute Gasteiger partial charge is 0.317 e. The molecule has 0 aliphatic carbocycles. The van der Waals surface area contributed by atoms with Gasteiger partial charge in [0.1, 0.15) is 11.6 Å². The molecule has 1 aliphatic heterocycles. The minimum Gasteiger partial charge on any atom is -0.352 e. The van der Waals surface area contributed by atoms with Gasteiger partial charge in [0.15, 0.2) is 0 Å². The highest BCUT2D eigenvalue weighted by Crippen LogP contribution is 2.18. The van der Waals surface area contributed by atoms with Gasteiger partial charge < -0.3 is 15.5 Å². The Hall–Kier alpha value is -2.48. The summed E-state index contributed by atoms with van der Waals surface area (Å²) < 4.78 is 27.3. The van der Waals surface area contributed by atoms with Gasteiger partial charge in [-0.1, -0.05) is 12.1 Å². The zero-order valence-electron chi connectivity index (χ0n) is 14.7. The predicted octanol–water partition coefficient (Wildman–Crippen LogP) is 3.26. The highest BCUT2D eigenvalue weighted by Gasteiger charge is 2.28. The Kier molecular flexibility index (Phi) is 6.39. The average molecular weight is 393 g/mol. The number of likely N-dealkylation sites (tertiary alicyclic amines) is 1. The number of thiophene rings is 1. The van der Waals surface area contributed by atoms with E-state index in [1.54, 1.807) is 16.2 Å². The summed E-state index contributed by atoms with van der Waals surface area (Å²) in [5, 5.41) is 7.39. The molecule has 0 radical (unpaired) electrons. The van der Waals surface area contributed by atoms with E-state index in [0.717, 1.165) is 17.0 Å². The van der Waals surface area contributed by atoms with Crippen LogP contribution >= 0.6 is 11.3 Å². The quantitative estimate of drug-likeness (QED) is 0.819.